The molecule has 4 rings (SSSR count). The van der Waals surface area contributed by atoms with Crippen molar-refractivity contribution in [2.24, 2.45) is 5.73 Å². The second-order valence-electron chi connectivity index (χ2n) is 8.45. The molecular formula is C25H29N5O6S. The Hall–Kier alpha value is -3.90. The molecule has 2 atom stereocenters. The molecule has 1 aromatic carbocycles. The van der Waals surface area contributed by atoms with Gasteiger partial charge in [0.2, 0.25) is 0 Å². The number of anilines is 2. The molecule has 1 aliphatic rings. The third-order valence-electron chi connectivity index (χ3n) is 5.86. The smallest absolute Gasteiger partial charge is 0.273 e. The summed E-state index contributed by atoms with van der Waals surface area (Å²) in [7, 11) is 0. The van der Waals surface area contributed by atoms with Crippen LogP contribution in [0.1, 0.15) is 57.5 Å². The third kappa shape index (κ3) is 5.59. The van der Waals surface area contributed by atoms with E-state index >= 15 is 0 Å². The topological polar surface area (TPSA) is 163 Å². The lowest BCUT2D eigenvalue weighted by Gasteiger charge is -2.31. The van der Waals surface area contributed by atoms with Crippen LogP contribution in [0.3, 0.4) is 0 Å². The van der Waals surface area contributed by atoms with Gasteiger partial charge in [0.1, 0.15) is 22.1 Å². The highest BCUT2D eigenvalue weighted by Crippen LogP contribution is 2.38. The van der Waals surface area contributed by atoms with Crippen LogP contribution in [0.2, 0.25) is 0 Å². The predicted molar refractivity (Wildman–Crippen MR) is 138 cm³/mol. The molecule has 3 amide bonds. The number of nitrogens with one attached hydrogen (secondary N) is 1. The van der Waals surface area contributed by atoms with E-state index in [0.29, 0.717) is 30.4 Å². The van der Waals surface area contributed by atoms with Gasteiger partial charge in [-0.2, -0.15) is 4.37 Å². The van der Waals surface area contributed by atoms with Crippen molar-refractivity contribution in [1.82, 2.24) is 9.69 Å². The highest BCUT2D eigenvalue weighted by atomic mass is 32.1. The molecule has 0 radical (unpaired) electrons. The highest BCUT2D eigenvalue weighted by Gasteiger charge is 2.39. The fraction of sp³-hybridized carbons (Fsp3) is 0.360. The number of hydrogen-bond acceptors (Lipinski definition) is 9. The Bertz CT molecular complexity index is 1280. The Kier molecular flexibility index (Phi) is 8.09. The number of rotatable bonds is 10. The van der Waals surface area contributed by atoms with Crippen LogP contribution in [0.15, 0.2) is 40.8 Å². The maximum Gasteiger partial charge on any atom is 0.273 e. The number of aromatic nitrogens is 1. The summed E-state index contributed by atoms with van der Waals surface area (Å²) in [4.78, 5) is 40.8. The summed E-state index contributed by atoms with van der Waals surface area (Å²) in [6.45, 7) is 4.79. The fourth-order valence-corrected chi connectivity index (χ4v) is 4.87. The SMILES string of the molecule is CCOc1ccccc1N(C(=O)c1snc(C(N)=O)c1N)[C@@H](C(=O)NC[C@H]1CCCO1)c1ccc(C)o1. The number of furan rings is 1. The molecule has 12 heteroatoms. The lowest BCUT2D eigenvalue weighted by molar-refractivity contribution is -0.123. The summed E-state index contributed by atoms with van der Waals surface area (Å²) >= 11 is 0.728. The molecule has 5 N–H and O–H groups in total. The number of hydrogen-bond donors (Lipinski definition) is 3. The van der Waals surface area contributed by atoms with Gasteiger partial charge < -0.3 is 30.7 Å². The Morgan fingerprint density at radius 3 is 2.68 bits per heavy atom. The molecule has 11 nitrogen and oxygen atoms in total. The van der Waals surface area contributed by atoms with Crippen molar-refractivity contribution in [1.29, 1.82) is 0 Å². The van der Waals surface area contributed by atoms with Crippen molar-refractivity contribution < 1.29 is 28.3 Å². The second-order valence-corrected chi connectivity index (χ2v) is 9.22. The number of primary amides is 1. The van der Waals surface area contributed by atoms with Gasteiger partial charge in [0.15, 0.2) is 11.7 Å². The minimum atomic E-state index is -1.23. The Balaban J connectivity index is 1.83. The number of carbonyl (C=O) groups is 3. The summed E-state index contributed by atoms with van der Waals surface area (Å²) in [5.41, 5.74) is 11.4. The van der Waals surface area contributed by atoms with E-state index in [2.05, 4.69) is 9.69 Å². The van der Waals surface area contributed by atoms with Crippen molar-refractivity contribution in [2.75, 3.05) is 30.4 Å². The van der Waals surface area contributed by atoms with E-state index in [1.54, 1.807) is 43.3 Å². The number of nitrogens with two attached hydrogens (primary N) is 2. The molecule has 196 valence electrons. The van der Waals surface area contributed by atoms with Gasteiger partial charge in [-0.15, -0.1) is 0 Å². The van der Waals surface area contributed by atoms with Gasteiger partial charge in [0.25, 0.3) is 17.7 Å². The molecule has 0 unspecified atom stereocenters. The first-order valence-electron chi connectivity index (χ1n) is 11.9. The third-order valence-corrected chi connectivity index (χ3v) is 6.72. The van der Waals surface area contributed by atoms with E-state index in [-0.39, 0.29) is 34.7 Å². The van der Waals surface area contributed by atoms with Gasteiger partial charge in [-0.05, 0) is 62.5 Å². The molecule has 1 aliphatic heterocycles. The summed E-state index contributed by atoms with van der Waals surface area (Å²) in [6.07, 6.45) is 1.63. The van der Waals surface area contributed by atoms with Crippen LogP contribution in [-0.4, -0.2) is 48.0 Å². The van der Waals surface area contributed by atoms with Crippen molar-refractivity contribution in [3.05, 3.63) is 58.5 Å². The Labute approximate surface area is 217 Å². The normalized spacial score (nSPS) is 15.8. The van der Waals surface area contributed by atoms with Gasteiger partial charge >= 0.3 is 0 Å². The minimum absolute atomic E-state index is 0.0414. The average molecular weight is 528 g/mol. The first-order chi connectivity index (χ1) is 17.8. The van der Waals surface area contributed by atoms with Gasteiger partial charge in [-0.3, -0.25) is 19.3 Å². The molecule has 3 heterocycles. The van der Waals surface area contributed by atoms with Crippen LogP contribution in [-0.2, 0) is 9.53 Å². The summed E-state index contributed by atoms with van der Waals surface area (Å²) in [5, 5.41) is 2.90. The van der Waals surface area contributed by atoms with Crippen LogP contribution < -0.4 is 26.4 Å². The highest BCUT2D eigenvalue weighted by molar-refractivity contribution is 7.09. The number of carbonyl (C=O) groups excluding carboxylic acids is 3. The van der Waals surface area contributed by atoms with Crippen LogP contribution in [0, 0.1) is 6.92 Å². The molecule has 0 bridgehead atoms. The Morgan fingerprint density at radius 1 is 1.27 bits per heavy atom. The molecule has 3 aromatic rings. The maximum absolute atomic E-state index is 14.1. The number of aryl methyl sites for hydroxylation is 1. The van der Waals surface area contributed by atoms with Crippen LogP contribution >= 0.6 is 11.5 Å². The van der Waals surface area contributed by atoms with E-state index in [0.717, 1.165) is 24.4 Å². The fourth-order valence-electron chi connectivity index (χ4n) is 4.13. The number of para-hydroxylation sites is 2. The van der Waals surface area contributed by atoms with Gasteiger partial charge in [0, 0.05) is 13.2 Å². The standard InChI is InChI=1S/C25H29N5O6S/c1-3-34-17-9-5-4-8-16(17)30(25(33)22-19(26)20(23(27)31)29-37-22)21(18-11-10-14(2)36-18)24(32)28-13-15-7-6-12-35-15/h4-5,8-11,15,21H,3,6-7,12-13,26H2,1-2H3,(H2,27,31)(H,28,32)/t15-,21-/m1/s1. The van der Waals surface area contributed by atoms with Gasteiger partial charge in [-0.1, -0.05) is 12.1 Å². The number of nitrogens with zero attached hydrogens (tertiary/aromatic N) is 2. The zero-order valence-corrected chi connectivity index (χ0v) is 21.4. The van der Waals surface area contributed by atoms with Crippen molar-refractivity contribution >= 4 is 40.6 Å². The Morgan fingerprint density at radius 2 is 2.05 bits per heavy atom. The first-order valence-corrected chi connectivity index (χ1v) is 12.6. The molecule has 37 heavy (non-hydrogen) atoms. The predicted octanol–water partition coefficient (Wildman–Crippen LogP) is 2.81. The molecule has 0 aliphatic carbocycles. The lowest BCUT2D eigenvalue weighted by atomic mass is 10.1. The van der Waals surface area contributed by atoms with E-state index < -0.39 is 23.8 Å². The summed E-state index contributed by atoms with van der Waals surface area (Å²) in [6, 6.07) is 8.94. The van der Waals surface area contributed by atoms with Crippen molar-refractivity contribution in [2.45, 2.75) is 38.8 Å². The number of nitrogen functional groups attached to an aromatic ring is 1. The van der Waals surface area contributed by atoms with Crippen molar-refractivity contribution in [3.63, 3.8) is 0 Å². The number of amides is 3. The molecule has 0 saturated carbocycles. The largest absolute Gasteiger partial charge is 0.492 e. The molecule has 2 aromatic heterocycles. The second kappa shape index (κ2) is 11.4. The van der Waals surface area contributed by atoms with Crippen LogP contribution in [0.4, 0.5) is 11.4 Å². The van der Waals surface area contributed by atoms with Crippen LogP contribution in [0.5, 0.6) is 5.75 Å². The summed E-state index contributed by atoms with van der Waals surface area (Å²) < 4.78 is 21.3. The molecule has 1 fully saturated rings. The quantitative estimate of drug-likeness (QED) is 0.362. The van der Waals surface area contributed by atoms with Crippen LogP contribution in [0.25, 0.3) is 0 Å². The number of ether oxygens (including phenoxy) is 2. The first kappa shape index (κ1) is 26.2. The zero-order chi connectivity index (χ0) is 26.5. The van der Waals surface area contributed by atoms with E-state index in [4.69, 9.17) is 25.4 Å². The minimum Gasteiger partial charge on any atom is -0.492 e. The van der Waals surface area contributed by atoms with Crippen molar-refractivity contribution in [3.8, 4) is 5.75 Å². The van der Waals surface area contributed by atoms with E-state index in [1.807, 2.05) is 6.92 Å². The average Bonchev–Trinajstić information content (AvgIpc) is 3.63. The van der Waals surface area contributed by atoms with Gasteiger partial charge in [0.05, 0.1) is 24.1 Å². The lowest BCUT2D eigenvalue weighted by Crippen LogP contribution is -2.45. The van der Waals surface area contributed by atoms with E-state index in [9.17, 15) is 14.4 Å². The summed E-state index contributed by atoms with van der Waals surface area (Å²) in [5.74, 6) is -0.840. The molecular weight excluding hydrogens is 498 g/mol. The number of benzene rings is 1. The van der Waals surface area contributed by atoms with E-state index in [1.165, 1.54) is 4.90 Å². The monoisotopic (exact) mass is 527 g/mol. The molecule has 1 saturated heterocycles. The zero-order valence-electron chi connectivity index (χ0n) is 20.6. The van der Waals surface area contributed by atoms with Gasteiger partial charge in [-0.25, -0.2) is 0 Å². The maximum atomic E-state index is 14.1. The molecule has 0 spiro atoms.